The zero-order valence-corrected chi connectivity index (χ0v) is 22.4. The Labute approximate surface area is 228 Å². The van der Waals surface area contributed by atoms with Gasteiger partial charge in [0.1, 0.15) is 11.4 Å². The number of halogens is 1. The molecule has 1 saturated heterocycles. The van der Waals surface area contributed by atoms with Gasteiger partial charge in [-0.1, -0.05) is 23.8 Å². The normalized spacial score (nSPS) is 14.1. The predicted molar refractivity (Wildman–Crippen MR) is 148 cm³/mol. The SMILES string of the molecule is CC(C)COc1cc2c(=O)c3c4ccc(C#N)cc4[nH]c3n(C3CNC3)c2cc1-c1cncc(OS(=O)(=O)F)c1. The third kappa shape index (κ3) is 4.53. The summed E-state index contributed by atoms with van der Waals surface area (Å²) in [6.45, 7) is 5.71. The molecule has 1 aliphatic heterocycles. The van der Waals surface area contributed by atoms with Crippen LogP contribution in [0.15, 0.2) is 53.6 Å². The van der Waals surface area contributed by atoms with Gasteiger partial charge in [0.25, 0.3) is 0 Å². The summed E-state index contributed by atoms with van der Waals surface area (Å²) >= 11 is 0. The van der Waals surface area contributed by atoms with Gasteiger partial charge < -0.3 is 23.8 Å². The molecule has 0 spiro atoms. The average molecular weight is 562 g/mol. The van der Waals surface area contributed by atoms with E-state index in [-0.39, 0.29) is 23.1 Å². The number of aromatic nitrogens is 3. The number of rotatable bonds is 7. The molecule has 204 valence electrons. The molecule has 12 heteroatoms. The third-order valence-corrected chi connectivity index (χ3v) is 7.29. The molecule has 2 aromatic carbocycles. The number of hydrogen-bond acceptors (Lipinski definition) is 8. The van der Waals surface area contributed by atoms with Gasteiger partial charge in [-0.15, -0.1) is 0 Å². The van der Waals surface area contributed by atoms with Crippen molar-refractivity contribution in [2.45, 2.75) is 19.9 Å². The Balaban J connectivity index is 1.68. The first kappa shape index (κ1) is 25.8. The minimum Gasteiger partial charge on any atom is -0.493 e. The summed E-state index contributed by atoms with van der Waals surface area (Å²) in [5.41, 5.74) is 3.18. The van der Waals surface area contributed by atoms with Gasteiger partial charge in [0.2, 0.25) is 0 Å². The lowest BCUT2D eigenvalue weighted by Crippen LogP contribution is -2.44. The molecule has 1 fully saturated rings. The van der Waals surface area contributed by atoms with Crippen molar-refractivity contribution in [3.63, 3.8) is 0 Å². The van der Waals surface area contributed by atoms with Crippen LogP contribution in [0.1, 0.15) is 25.5 Å². The number of fused-ring (bicyclic) bond motifs is 4. The summed E-state index contributed by atoms with van der Waals surface area (Å²) in [5, 5.41) is 14.3. The molecule has 4 heterocycles. The Morgan fingerprint density at radius 1 is 1.18 bits per heavy atom. The Hall–Kier alpha value is -4.47. The average Bonchev–Trinajstić information content (AvgIpc) is 3.26. The fraction of sp³-hybridized carbons (Fsp3) is 0.250. The van der Waals surface area contributed by atoms with E-state index in [4.69, 9.17) is 4.74 Å². The molecule has 0 atom stereocenters. The lowest BCUT2D eigenvalue weighted by Gasteiger charge is -2.32. The van der Waals surface area contributed by atoms with Crippen LogP contribution in [0.4, 0.5) is 3.89 Å². The molecule has 1 aliphatic rings. The third-order valence-electron chi connectivity index (χ3n) is 6.90. The van der Waals surface area contributed by atoms with E-state index >= 15 is 0 Å². The Morgan fingerprint density at radius 3 is 2.65 bits per heavy atom. The molecule has 0 bridgehead atoms. The molecule has 0 radical (unpaired) electrons. The second-order valence-electron chi connectivity index (χ2n) is 10.2. The Morgan fingerprint density at radius 2 is 1.98 bits per heavy atom. The van der Waals surface area contributed by atoms with Gasteiger partial charge in [-0.3, -0.25) is 9.78 Å². The van der Waals surface area contributed by atoms with Crippen LogP contribution in [-0.4, -0.2) is 42.6 Å². The summed E-state index contributed by atoms with van der Waals surface area (Å²) in [6.07, 6.45) is 2.58. The van der Waals surface area contributed by atoms with E-state index in [1.165, 1.54) is 12.3 Å². The number of hydrogen-bond donors (Lipinski definition) is 2. The topological polar surface area (TPSA) is 139 Å². The predicted octanol–water partition coefficient (Wildman–Crippen LogP) is 4.34. The summed E-state index contributed by atoms with van der Waals surface area (Å²) < 4.78 is 48.1. The second kappa shape index (κ2) is 9.62. The van der Waals surface area contributed by atoms with Crippen molar-refractivity contribution < 1.29 is 21.2 Å². The van der Waals surface area contributed by atoms with E-state index in [1.54, 1.807) is 30.3 Å². The number of H-pyrrole nitrogens is 1. The maximum atomic E-state index is 14.0. The summed E-state index contributed by atoms with van der Waals surface area (Å²) in [7, 11) is -5.25. The van der Waals surface area contributed by atoms with Gasteiger partial charge >= 0.3 is 10.5 Å². The zero-order valence-electron chi connectivity index (χ0n) is 21.6. The smallest absolute Gasteiger partial charge is 0.488 e. The lowest BCUT2D eigenvalue weighted by molar-refractivity contribution is 0.272. The lowest BCUT2D eigenvalue weighted by atomic mass is 10.0. The molecule has 6 rings (SSSR count). The fourth-order valence-corrected chi connectivity index (χ4v) is 5.35. The van der Waals surface area contributed by atoms with Crippen LogP contribution in [0, 0.1) is 17.2 Å². The number of nitrogens with zero attached hydrogens (tertiary/aromatic N) is 3. The van der Waals surface area contributed by atoms with Crippen molar-refractivity contribution >= 4 is 43.3 Å². The minimum atomic E-state index is -5.25. The van der Waals surface area contributed by atoms with Crippen molar-refractivity contribution in [2.75, 3.05) is 19.7 Å². The van der Waals surface area contributed by atoms with Gasteiger partial charge in [-0.2, -0.15) is 13.7 Å². The molecule has 5 aromatic rings. The standard InChI is InChI=1S/C28H24FN5O5S/c1-15(2)14-38-25-8-22-24(7-21(25)17-6-19(13-31-10-17)39-40(29,36)37)34(18-11-32-12-18)28-26(27(22)35)20-4-3-16(9-30)5-23(20)33-28/h3-8,10,13,15,18,32-33H,11-12,14H2,1-2H3. The number of nitrogens with one attached hydrogen (secondary N) is 2. The van der Waals surface area contributed by atoms with Crippen LogP contribution in [0.3, 0.4) is 0 Å². The van der Waals surface area contributed by atoms with Gasteiger partial charge in [0, 0.05) is 41.3 Å². The first-order valence-electron chi connectivity index (χ1n) is 12.6. The van der Waals surface area contributed by atoms with E-state index in [2.05, 4.69) is 30.1 Å². The molecule has 0 aliphatic carbocycles. The van der Waals surface area contributed by atoms with Crippen LogP contribution in [0.25, 0.3) is 44.0 Å². The highest BCUT2D eigenvalue weighted by Gasteiger charge is 2.27. The van der Waals surface area contributed by atoms with Gasteiger partial charge in [-0.25, -0.2) is 0 Å². The number of pyridine rings is 2. The van der Waals surface area contributed by atoms with E-state index in [9.17, 15) is 22.4 Å². The van der Waals surface area contributed by atoms with Crippen molar-refractivity contribution in [3.8, 4) is 28.7 Å². The molecule has 0 amide bonds. The van der Waals surface area contributed by atoms with Crippen molar-refractivity contribution in [2.24, 2.45) is 5.92 Å². The highest BCUT2D eigenvalue weighted by atomic mass is 32.3. The van der Waals surface area contributed by atoms with Gasteiger partial charge in [-0.05, 0) is 36.2 Å². The first-order valence-corrected chi connectivity index (χ1v) is 13.9. The van der Waals surface area contributed by atoms with Crippen molar-refractivity contribution in [3.05, 3.63) is 64.6 Å². The summed E-state index contributed by atoms with van der Waals surface area (Å²) in [4.78, 5) is 21.4. The molecular weight excluding hydrogens is 537 g/mol. The van der Waals surface area contributed by atoms with Gasteiger partial charge in [0.15, 0.2) is 11.2 Å². The van der Waals surface area contributed by atoms with E-state index in [0.29, 0.717) is 69.6 Å². The van der Waals surface area contributed by atoms with Crippen LogP contribution < -0.4 is 19.7 Å². The largest absolute Gasteiger partial charge is 0.493 e. The maximum absolute atomic E-state index is 14.0. The van der Waals surface area contributed by atoms with Gasteiger partial charge in [0.05, 0.1) is 46.8 Å². The monoisotopic (exact) mass is 561 g/mol. The quantitative estimate of drug-likeness (QED) is 0.280. The van der Waals surface area contributed by atoms with Crippen molar-refractivity contribution in [1.82, 2.24) is 19.9 Å². The molecular formula is C28H24FN5O5S. The Bertz CT molecular complexity index is 2020. The van der Waals surface area contributed by atoms with E-state index in [0.717, 1.165) is 11.6 Å². The highest BCUT2D eigenvalue weighted by Crippen LogP contribution is 2.38. The summed E-state index contributed by atoms with van der Waals surface area (Å²) in [6, 6.07) is 12.2. The number of ether oxygens (including phenoxy) is 1. The number of nitriles is 1. The highest BCUT2D eigenvalue weighted by molar-refractivity contribution is 7.81. The fourth-order valence-electron chi connectivity index (χ4n) is 5.03. The van der Waals surface area contributed by atoms with E-state index in [1.807, 2.05) is 13.8 Å². The van der Waals surface area contributed by atoms with Crippen LogP contribution in [0.2, 0.25) is 0 Å². The van der Waals surface area contributed by atoms with Crippen LogP contribution in [-0.2, 0) is 10.5 Å². The molecule has 3 aromatic heterocycles. The molecule has 40 heavy (non-hydrogen) atoms. The second-order valence-corrected chi connectivity index (χ2v) is 11.1. The minimum absolute atomic E-state index is 0.0360. The summed E-state index contributed by atoms with van der Waals surface area (Å²) in [5.74, 6) is 0.274. The van der Waals surface area contributed by atoms with Crippen LogP contribution in [0.5, 0.6) is 11.5 Å². The number of benzene rings is 2. The molecule has 0 unspecified atom stereocenters. The van der Waals surface area contributed by atoms with Crippen LogP contribution >= 0.6 is 0 Å². The first-order chi connectivity index (χ1) is 19.1. The number of aromatic amines is 1. The zero-order chi connectivity index (χ0) is 28.2. The molecule has 0 saturated carbocycles. The van der Waals surface area contributed by atoms with Crippen molar-refractivity contribution in [1.29, 1.82) is 5.26 Å². The Kier molecular flexibility index (Phi) is 6.20. The van der Waals surface area contributed by atoms with E-state index < -0.39 is 10.5 Å². The maximum Gasteiger partial charge on any atom is 0.488 e. The molecule has 10 nitrogen and oxygen atoms in total. The molecule has 2 N–H and O–H groups in total.